The molecule has 0 aromatic carbocycles. The van der Waals surface area contributed by atoms with Crippen LogP contribution in [0.2, 0.25) is 0 Å². The number of aliphatic hydroxyl groups is 1. The maximum Gasteiger partial charge on any atom is 0.129 e. The van der Waals surface area contributed by atoms with Crippen molar-refractivity contribution in [1.29, 1.82) is 0 Å². The molecule has 14 heavy (non-hydrogen) atoms. The van der Waals surface area contributed by atoms with E-state index in [-0.39, 0.29) is 25.1 Å². The molecule has 3 nitrogen and oxygen atoms in total. The summed E-state index contributed by atoms with van der Waals surface area (Å²) in [6.07, 6.45) is 0.901. The summed E-state index contributed by atoms with van der Waals surface area (Å²) in [7, 11) is 0. The van der Waals surface area contributed by atoms with Crippen molar-refractivity contribution in [3.8, 4) is 0 Å². The highest BCUT2D eigenvalue weighted by molar-refractivity contribution is 5.85. The molecule has 1 heterocycles. The highest BCUT2D eigenvalue weighted by Gasteiger charge is 2.11. The van der Waals surface area contributed by atoms with Gasteiger partial charge in [0.15, 0.2) is 0 Å². The molecule has 0 bridgehead atoms. The largest absolute Gasteiger partial charge is 0.462 e. The van der Waals surface area contributed by atoms with Crippen molar-refractivity contribution in [3.63, 3.8) is 0 Å². The fraction of sp³-hybridized carbons (Fsp3) is 0.600. The average Bonchev–Trinajstić information content (AvgIpc) is 2.50. The Kier molecular flexibility index (Phi) is 5.84. The zero-order chi connectivity index (χ0) is 9.84. The maximum atomic E-state index is 8.78. The number of rotatable bonds is 4. The Labute approximate surface area is 90.7 Å². The first-order valence-electron chi connectivity index (χ1n) is 4.58. The molecule has 0 saturated heterocycles. The number of hydrogen-bond donors (Lipinski definition) is 2. The van der Waals surface area contributed by atoms with Gasteiger partial charge in [0.05, 0.1) is 6.04 Å². The van der Waals surface area contributed by atoms with E-state index < -0.39 is 0 Å². The molecule has 0 amide bonds. The van der Waals surface area contributed by atoms with Gasteiger partial charge in [-0.1, -0.05) is 13.8 Å². The fourth-order valence-electron chi connectivity index (χ4n) is 1.30. The lowest BCUT2D eigenvalue weighted by Gasteiger charge is -2.10. The van der Waals surface area contributed by atoms with E-state index in [4.69, 9.17) is 15.3 Å². The number of furan rings is 1. The molecular weight excluding hydrogens is 202 g/mol. The first-order valence-corrected chi connectivity index (χ1v) is 4.58. The van der Waals surface area contributed by atoms with Crippen LogP contribution in [0.15, 0.2) is 16.5 Å². The van der Waals surface area contributed by atoms with E-state index in [1.165, 1.54) is 0 Å². The second-order valence-corrected chi connectivity index (χ2v) is 3.70. The third-order valence-corrected chi connectivity index (χ3v) is 1.93. The highest BCUT2D eigenvalue weighted by Crippen LogP contribution is 2.20. The first kappa shape index (κ1) is 13.5. The van der Waals surface area contributed by atoms with Gasteiger partial charge in [-0.15, -0.1) is 12.4 Å². The Hall–Kier alpha value is -0.510. The lowest BCUT2D eigenvalue weighted by Crippen LogP contribution is -2.11. The molecule has 0 saturated carbocycles. The minimum atomic E-state index is -0.0611. The van der Waals surface area contributed by atoms with E-state index in [1.807, 2.05) is 6.07 Å². The quantitative estimate of drug-likeness (QED) is 0.817. The van der Waals surface area contributed by atoms with Crippen molar-refractivity contribution in [2.45, 2.75) is 32.9 Å². The summed E-state index contributed by atoms with van der Waals surface area (Å²) in [5.41, 5.74) is 5.89. The smallest absolute Gasteiger partial charge is 0.129 e. The molecule has 1 atom stereocenters. The van der Waals surface area contributed by atoms with Crippen LogP contribution in [0.4, 0.5) is 0 Å². The molecule has 1 aromatic rings. The summed E-state index contributed by atoms with van der Waals surface area (Å²) in [6.45, 7) is 4.18. The first-order chi connectivity index (χ1) is 6.13. The van der Waals surface area contributed by atoms with E-state index in [1.54, 1.807) is 6.07 Å². The normalized spacial score (nSPS) is 12.6. The molecule has 3 N–H and O–H groups in total. The van der Waals surface area contributed by atoms with Crippen LogP contribution in [0.3, 0.4) is 0 Å². The summed E-state index contributed by atoms with van der Waals surface area (Å²) < 4.78 is 5.32. The van der Waals surface area contributed by atoms with Crippen LogP contribution in [0.1, 0.15) is 37.8 Å². The third kappa shape index (κ3) is 3.70. The van der Waals surface area contributed by atoms with Gasteiger partial charge in [0.1, 0.15) is 18.1 Å². The predicted octanol–water partition coefficient (Wildman–Crippen LogP) is 2.24. The number of aliphatic hydroxyl groups excluding tert-OH is 1. The SMILES string of the molecule is CC(C)C[C@H](N)c1ccc(CO)o1.Cl. The zero-order valence-electron chi connectivity index (χ0n) is 8.56. The van der Waals surface area contributed by atoms with Crippen LogP contribution in [0.25, 0.3) is 0 Å². The van der Waals surface area contributed by atoms with E-state index in [0.29, 0.717) is 11.7 Å². The van der Waals surface area contributed by atoms with Gasteiger partial charge in [-0.05, 0) is 24.5 Å². The van der Waals surface area contributed by atoms with Gasteiger partial charge in [-0.2, -0.15) is 0 Å². The van der Waals surface area contributed by atoms with Crippen molar-refractivity contribution < 1.29 is 9.52 Å². The lowest BCUT2D eigenvalue weighted by molar-refractivity contribution is 0.240. The van der Waals surface area contributed by atoms with E-state index in [9.17, 15) is 0 Å². The molecule has 0 spiro atoms. The molecule has 0 aliphatic carbocycles. The van der Waals surface area contributed by atoms with Crippen LogP contribution in [-0.2, 0) is 6.61 Å². The van der Waals surface area contributed by atoms with Crippen molar-refractivity contribution >= 4 is 12.4 Å². The second kappa shape index (κ2) is 6.06. The van der Waals surface area contributed by atoms with Gasteiger partial charge in [0.25, 0.3) is 0 Å². The Morgan fingerprint density at radius 2 is 2.07 bits per heavy atom. The van der Waals surface area contributed by atoms with Crippen molar-refractivity contribution in [1.82, 2.24) is 0 Å². The Morgan fingerprint density at radius 1 is 1.43 bits per heavy atom. The molecule has 0 radical (unpaired) electrons. The Morgan fingerprint density at radius 3 is 2.50 bits per heavy atom. The van der Waals surface area contributed by atoms with Crippen molar-refractivity contribution in [2.75, 3.05) is 0 Å². The molecule has 0 aliphatic heterocycles. The summed E-state index contributed by atoms with van der Waals surface area (Å²) in [5, 5.41) is 8.78. The van der Waals surface area contributed by atoms with Gasteiger partial charge < -0.3 is 15.3 Å². The van der Waals surface area contributed by atoms with Crippen LogP contribution in [-0.4, -0.2) is 5.11 Å². The number of nitrogens with two attached hydrogens (primary N) is 1. The minimum absolute atomic E-state index is 0. The molecule has 1 aromatic heterocycles. The van der Waals surface area contributed by atoms with Crippen molar-refractivity contribution in [3.05, 3.63) is 23.7 Å². The van der Waals surface area contributed by atoms with E-state index in [2.05, 4.69) is 13.8 Å². The van der Waals surface area contributed by atoms with Gasteiger partial charge in [0, 0.05) is 0 Å². The maximum absolute atomic E-state index is 8.78. The van der Waals surface area contributed by atoms with Gasteiger partial charge >= 0.3 is 0 Å². The summed E-state index contributed by atoms with van der Waals surface area (Å²) >= 11 is 0. The molecular formula is C10H18ClNO2. The summed E-state index contributed by atoms with van der Waals surface area (Å²) in [4.78, 5) is 0. The number of halogens is 1. The van der Waals surface area contributed by atoms with Gasteiger partial charge in [-0.3, -0.25) is 0 Å². The summed E-state index contributed by atoms with van der Waals surface area (Å²) in [5.74, 6) is 1.89. The monoisotopic (exact) mass is 219 g/mol. The van der Waals surface area contributed by atoms with Crippen LogP contribution >= 0.6 is 12.4 Å². The van der Waals surface area contributed by atoms with Crippen LogP contribution in [0, 0.1) is 5.92 Å². The van der Waals surface area contributed by atoms with Crippen LogP contribution in [0.5, 0.6) is 0 Å². The Balaban J connectivity index is 0.00000169. The molecule has 0 fully saturated rings. The zero-order valence-corrected chi connectivity index (χ0v) is 9.38. The van der Waals surface area contributed by atoms with E-state index >= 15 is 0 Å². The molecule has 82 valence electrons. The molecule has 0 aliphatic rings. The fourth-order valence-corrected chi connectivity index (χ4v) is 1.30. The van der Waals surface area contributed by atoms with Gasteiger partial charge in [-0.25, -0.2) is 0 Å². The topological polar surface area (TPSA) is 59.4 Å². The van der Waals surface area contributed by atoms with Crippen molar-refractivity contribution in [2.24, 2.45) is 11.7 Å². The summed E-state index contributed by atoms with van der Waals surface area (Å²) in [6, 6.07) is 3.54. The minimum Gasteiger partial charge on any atom is -0.462 e. The second-order valence-electron chi connectivity index (χ2n) is 3.70. The van der Waals surface area contributed by atoms with E-state index in [0.717, 1.165) is 12.2 Å². The van der Waals surface area contributed by atoms with Crippen LogP contribution < -0.4 is 5.73 Å². The number of hydrogen-bond acceptors (Lipinski definition) is 3. The third-order valence-electron chi connectivity index (χ3n) is 1.93. The molecule has 0 unspecified atom stereocenters. The highest BCUT2D eigenvalue weighted by atomic mass is 35.5. The molecule has 4 heteroatoms. The lowest BCUT2D eigenvalue weighted by atomic mass is 10.0. The average molecular weight is 220 g/mol. The Bertz CT molecular complexity index is 260. The molecule has 1 rings (SSSR count). The predicted molar refractivity (Wildman–Crippen MR) is 58.3 cm³/mol. The standard InChI is InChI=1S/C10H17NO2.ClH/c1-7(2)5-9(11)10-4-3-8(6-12)13-10;/h3-4,7,9,12H,5-6,11H2,1-2H3;1H/t9-;/m0./s1. The van der Waals surface area contributed by atoms with Gasteiger partial charge in [0.2, 0.25) is 0 Å².